The molecule has 0 aromatic heterocycles. The van der Waals surface area contributed by atoms with E-state index < -0.39 is 5.60 Å². The molecule has 1 aromatic rings. The van der Waals surface area contributed by atoms with Crippen molar-refractivity contribution in [1.82, 2.24) is 0 Å². The standard InChI is InChI=1S/C20H24N2O5/c1-3-7-22-17-5-4-14(21-8-10-26-19(21)25)12-16(17)20(18(22)24)13(2)11-15(27-20)6-9-23/h3-5,12-13,15,23H,1,6-11H2,2H3/t13-,15+,20+/m1/s1. The second-order valence-electron chi connectivity index (χ2n) is 7.30. The van der Waals surface area contributed by atoms with Crippen LogP contribution in [-0.4, -0.2) is 49.5 Å². The summed E-state index contributed by atoms with van der Waals surface area (Å²) in [6.45, 7) is 7.02. The van der Waals surface area contributed by atoms with Gasteiger partial charge >= 0.3 is 6.09 Å². The van der Waals surface area contributed by atoms with E-state index in [1.807, 2.05) is 25.1 Å². The van der Waals surface area contributed by atoms with Gasteiger partial charge in [-0.05, 0) is 31.0 Å². The van der Waals surface area contributed by atoms with Crippen LogP contribution in [0.4, 0.5) is 16.2 Å². The largest absolute Gasteiger partial charge is 0.447 e. The highest BCUT2D eigenvalue weighted by molar-refractivity contribution is 6.08. The van der Waals surface area contributed by atoms with E-state index >= 15 is 0 Å². The molecule has 3 aliphatic rings. The van der Waals surface area contributed by atoms with Crippen LogP contribution in [0.1, 0.15) is 25.3 Å². The number of amides is 2. The van der Waals surface area contributed by atoms with Gasteiger partial charge in [-0.3, -0.25) is 9.69 Å². The van der Waals surface area contributed by atoms with Crippen LogP contribution in [0.25, 0.3) is 0 Å². The minimum absolute atomic E-state index is 0.0184. The zero-order valence-corrected chi connectivity index (χ0v) is 15.4. The number of aliphatic hydroxyl groups is 1. The Morgan fingerprint density at radius 1 is 1.41 bits per heavy atom. The van der Waals surface area contributed by atoms with Gasteiger partial charge in [0.25, 0.3) is 5.91 Å². The Hall–Kier alpha value is -2.38. The molecule has 2 fully saturated rings. The van der Waals surface area contributed by atoms with E-state index in [1.54, 1.807) is 15.9 Å². The van der Waals surface area contributed by atoms with E-state index in [4.69, 9.17) is 9.47 Å². The highest BCUT2D eigenvalue weighted by Crippen LogP contribution is 2.54. The molecule has 144 valence electrons. The topological polar surface area (TPSA) is 79.3 Å². The van der Waals surface area contributed by atoms with Crippen LogP contribution in [0.3, 0.4) is 0 Å². The summed E-state index contributed by atoms with van der Waals surface area (Å²) < 4.78 is 11.3. The monoisotopic (exact) mass is 372 g/mol. The lowest BCUT2D eigenvalue weighted by Crippen LogP contribution is -2.44. The van der Waals surface area contributed by atoms with Gasteiger partial charge < -0.3 is 19.5 Å². The third-order valence-corrected chi connectivity index (χ3v) is 5.73. The highest BCUT2D eigenvalue weighted by atomic mass is 16.6. The second-order valence-corrected chi connectivity index (χ2v) is 7.30. The van der Waals surface area contributed by atoms with Crippen molar-refractivity contribution in [1.29, 1.82) is 0 Å². The fourth-order valence-corrected chi connectivity index (χ4v) is 4.49. The SMILES string of the molecule is C=CCN1C(=O)[C@@]2(O[C@@H](CCO)C[C@H]2C)c2cc(N3CCOC3=O)ccc21. The number of hydrogen-bond donors (Lipinski definition) is 1. The Labute approximate surface area is 158 Å². The Morgan fingerprint density at radius 2 is 2.22 bits per heavy atom. The second kappa shape index (κ2) is 6.65. The lowest BCUT2D eigenvalue weighted by atomic mass is 9.82. The average molecular weight is 372 g/mol. The Morgan fingerprint density at radius 3 is 2.89 bits per heavy atom. The number of benzene rings is 1. The molecule has 3 aliphatic heterocycles. The third-order valence-electron chi connectivity index (χ3n) is 5.73. The number of hydrogen-bond acceptors (Lipinski definition) is 5. The molecule has 2 saturated heterocycles. The van der Waals surface area contributed by atoms with Crippen molar-refractivity contribution in [3.8, 4) is 0 Å². The molecule has 0 aliphatic carbocycles. The maximum Gasteiger partial charge on any atom is 0.414 e. The highest BCUT2D eigenvalue weighted by Gasteiger charge is 2.60. The molecule has 0 saturated carbocycles. The number of fused-ring (bicyclic) bond motifs is 2. The Bertz CT molecular complexity index is 795. The molecule has 2 amide bonds. The number of nitrogens with zero attached hydrogens (tertiary/aromatic N) is 2. The van der Waals surface area contributed by atoms with E-state index in [0.29, 0.717) is 38.2 Å². The first-order chi connectivity index (χ1) is 13.0. The van der Waals surface area contributed by atoms with Gasteiger partial charge in [0.2, 0.25) is 0 Å². The maximum absolute atomic E-state index is 13.4. The van der Waals surface area contributed by atoms with Gasteiger partial charge in [0, 0.05) is 30.3 Å². The van der Waals surface area contributed by atoms with Crippen LogP contribution < -0.4 is 9.80 Å². The van der Waals surface area contributed by atoms with Crippen LogP contribution in [0.2, 0.25) is 0 Å². The van der Waals surface area contributed by atoms with Crippen molar-refractivity contribution in [2.24, 2.45) is 5.92 Å². The first-order valence-corrected chi connectivity index (χ1v) is 9.33. The van der Waals surface area contributed by atoms with E-state index in [0.717, 1.165) is 11.3 Å². The van der Waals surface area contributed by atoms with Gasteiger partial charge in [0.05, 0.1) is 18.3 Å². The molecule has 1 aromatic carbocycles. The van der Waals surface area contributed by atoms with Crippen LogP contribution >= 0.6 is 0 Å². The molecule has 7 nitrogen and oxygen atoms in total. The zero-order valence-electron chi connectivity index (χ0n) is 15.4. The zero-order chi connectivity index (χ0) is 19.2. The first-order valence-electron chi connectivity index (χ1n) is 9.33. The molecule has 1 spiro atoms. The van der Waals surface area contributed by atoms with Gasteiger partial charge in [0.15, 0.2) is 5.60 Å². The molecule has 3 atom stereocenters. The Kier molecular flexibility index (Phi) is 4.44. The molecular formula is C20H24N2O5. The van der Waals surface area contributed by atoms with Gasteiger partial charge in [-0.25, -0.2) is 4.79 Å². The minimum atomic E-state index is -1.09. The number of rotatable bonds is 5. The smallest absolute Gasteiger partial charge is 0.414 e. The molecular weight excluding hydrogens is 348 g/mol. The van der Waals surface area contributed by atoms with Crippen molar-refractivity contribution in [3.63, 3.8) is 0 Å². The van der Waals surface area contributed by atoms with Gasteiger partial charge in [-0.1, -0.05) is 13.0 Å². The van der Waals surface area contributed by atoms with Crippen LogP contribution in [0, 0.1) is 5.92 Å². The van der Waals surface area contributed by atoms with Gasteiger partial charge in [-0.2, -0.15) is 0 Å². The number of cyclic esters (lactones) is 1. The lowest BCUT2D eigenvalue weighted by Gasteiger charge is -2.28. The van der Waals surface area contributed by atoms with E-state index in [9.17, 15) is 14.7 Å². The van der Waals surface area contributed by atoms with Gasteiger partial charge in [-0.15, -0.1) is 6.58 Å². The van der Waals surface area contributed by atoms with E-state index in [-0.39, 0.29) is 30.6 Å². The quantitative estimate of drug-likeness (QED) is 0.802. The van der Waals surface area contributed by atoms with Crippen molar-refractivity contribution in [2.45, 2.75) is 31.5 Å². The number of ether oxygens (including phenoxy) is 2. The van der Waals surface area contributed by atoms with Crippen molar-refractivity contribution in [3.05, 3.63) is 36.4 Å². The molecule has 4 rings (SSSR count). The molecule has 3 heterocycles. The molecule has 1 N–H and O–H groups in total. The number of carbonyl (C=O) groups excluding carboxylic acids is 2. The normalized spacial score (nSPS) is 29.6. The van der Waals surface area contributed by atoms with Crippen LogP contribution in [0.5, 0.6) is 0 Å². The fraction of sp³-hybridized carbons (Fsp3) is 0.500. The molecule has 0 unspecified atom stereocenters. The summed E-state index contributed by atoms with van der Waals surface area (Å²) in [6.07, 6.45) is 2.33. The van der Waals surface area contributed by atoms with Crippen LogP contribution in [-0.2, 0) is 19.9 Å². The predicted octanol–water partition coefficient (Wildman–Crippen LogP) is 2.18. The molecule has 27 heavy (non-hydrogen) atoms. The minimum Gasteiger partial charge on any atom is -0.447 e. The number of anilines is 2. The average Bonchev–Trinajstić information content (AvgIpc) is 3.28. The fourth-order valence-electron chi connectivity index (χ4n) is 4.49. The summed E-state index contributed by atoms with van der Waals surface area (Å²) in [7, 11) is 0. The summed E-state index contributed by atoms with van der Waals surface area (Å²) in [5.41, 5.74) is 1.18. The predicted molar refractivity (Wildman–Crippen MR) is 99.7 cm³/mol. The molecule has 0 radical (unpaired) electrons. The summed E-state index contributed by atoms with van der Waals surface area (Å²) in [4.78, 5) is 28.6. The number of carbonyl (C=O) groups is 2. The van der Waals surface area contributed by atoms with E-state index in [1.165, 1.54) is 0 Å². The van der Waals surface area contributed by atoms with Crippen molar-refractivity contribution < 1.29 is 24.2 Å². The summed E-state index contributed by atoms with van der Waals surface area (Å²) in [5.74, 6) is -0.151. The third kappa shape index (κ3) is 2.56. The summed E-state index contributed by atoms with van der Waals surface area (Å²) >= 11 is 0. The van der Waals surface area contributed by atoms with Crippen LogP contribution in [0.15, 0.2) is 30.9 Å². The first kappa shape index (κ1) is 18.0. The van der Waals surface area contributed by atoms with E-state index in [2.05, 4.69) is 6.58 Å². The maximum atomic E-state index is 13.4. The van der Waals surface area contributed by atoms with Gasteiger partial charge in [0.1, 0.15) is 6.61 Å². The summed E-state index contributed by atoms with van der Waals surface area (Å²) in [6, 6.07) is 5.57. The molecule has 7 heteroatoms. The summed E-state index contributed by atoms with van der Waals surface area (Å²) in [5, 5.41) is 9.31. The van der Waals surface area contributed by atoms with Crippen molar-refractivity contribution in [2.75, 3.05) is 36.1 Å². The number of aliphatic hydroxyl groups excluding tert-OH is 1. The Balaban J connectivity index is 1.81. The lowest BCUT2D eigenvalue weighted by molar-refractivity contribution is -0.146. The van der Waals surface area contributed by atoms with Crippen molar-refractivity contribution >= 4 is 23.4 Å². The molecule has 0 bridgehead atoms.